The summed E-state index contributed by atoms with van der Waals surface area (Å²) in [5, 5.41) is 18.5. The highest BCUT2D eigenvalue weighted by molar-refractivity contribution is 5.66. The Morgan fingerprint density at radius 3 is 2.75 bits per heavy atom. The SMILES string of the molecule is O=C(O)CCCc1cccc(C2(O)CC2)c1. The third kappa shape index (κ3) is 2.61. The maximum atomic E-state index is 10.4. The minimum atomic E-state index is -0.753. The first kappa shape index (κ1) is 11.1. The number of aryl methyl sites for hydroxylation is 1. The first-order chi connectivity index (χ1) is 7.60. The summed E-state index contributed by atoms with van der Waals surface area (Å²) in [6, 6.07) is 7.85. The molecule has 1 aromatic rings. The van der Waals surface area contributed by atoms with Gasteiger partial charge in [0.05, 0.1) is 5.60 Å². The van der Waals surface area contributed by atoms with Gasteiger partial charge in [-0.1, -0.05) is 24.3 Å². The van der Waals surface area contributed by atoms with E-state index in [9.17, 15) is 9.90 Å². The maximum Gasteiger partial charge on any atom is 0.303 e. The quantitative estimate of drug-likeness (QED) is 0.798. The summed E-state index contributed by atoms with van der Waals surface area (Å²) in [4.78, 5) is 10.4. The molecule has 16 heavy (non-hydrogen) atoms. The lowest BCUT2D eigenvalue weighted by molar-refractivity contribution is -0.137. The standard InChI is InChI=1S/C13H16O3/c14-12(15)6-2-4-10-3-1-5-11(9-10)13(16)7-8-13/h1,3,5,9,16H,2,4,6-8H2,(H,14,15). The summed E-state index contributed by atoms with van der Waals surface area (Å²) in [6.45, 7) is 0. The largest absolute Gasteiger partial charge is 0.481 e. The van der Waals surface area contributed by atoms with Crippen molar-refractivity contribution in [2.75, 3.05) is 0 Å². The minimum Gasteiger partial charge on any atom is -0.481 e. The Morgan fingerprint density at radius 1 is 1.38 bits per heavy atom. The van der Waals surface area contributed by atoms with Gasteiger partial charge in [0.2, 0.25) is 0 Å². The zero-order valence-corrected chi connectivity index (χ0v) is 9.15. The molecular weight excluding hydrogens is 204 g/mol. The van der Waals surface area contributed by atoms with Crippen molar-refractivity contribution in [2.45, 2.75) is 37.7 Å². The van der Waals surface area contributed by atoms with Crippen molar-refractivity contribution < 1.29 is 15.0 Å². The van der Waals surface area contributed by atoms with E-state index >= 15 is 0 Å². The van der Waals surface area contributed by atoms with E-state index in [0.717, 1.165) is 30.4 Å². The average Bonchev–Trinajstić information content (AvgIpc) is 2.98. The lowest BCUT2D eigenvalue weighted by Crippen LogP contribution is -2.04. The van der Waals surface area contributed by atoms with Crippen LogP contribution in [0.3, 0.4) is 0 Å². The number of rotatable bonds is 5. The molecule has 0 aromatic heterocycles. The molecule has 0 heterocycles. The molecule has 3 nitrogen and oxygen atoms in total. The molecule has 3 heteroatoms. The van der Waals surface area contributed by atoms with E-state index in [2.05, 4.69) is 0 Å². The number of carbonyl (C=O) groups is 1. The molecule has 1 aliphatic carbocycles. The van der Waals surface area contributed by atoms with Crippen LogP contribution in [0.1, 0.15) is 36.8 Å². The van der Waals surface area contributed by atoms with Crippen LogP contribution in [0, 0.1) is 0 Å². The van der Waals surface area contributed by atoms with Gasteiger partial charge in [-0.2, -0.15) is 0 Å². The summed E-state index contributed by atoms with van der Waals surface area (Å²) in [7, 11) is 0. The van der Waals surface area contributed by atoms with E-state index in [0.29, 0.717) is 6.42 Å². The molecule has 0 atom stereocenters. The van der Waals surface area contributed by atoms with Crippen molar-refractivity contribution >= 4 is 5.97 Å². The summed E-state index contributed by atoms with van der Waals surface area (Å²) < 4.78 is 0. The monoisotopic (exact) mass is 220 g/mol. The summed E-state index contributed by atoms with van der Waals surface area (Å²) >= 11 is 0. The third-order valence-electron chi connectivity index (χ3n) is 3.04. The number of hydrogen-bond acceptors (Lipinski definition) is 2. The van der Waals surface area contributed by atoms with Crippen molar-refractivity contribution in [1.29, 1.82) is 0 Å². The highest BCUT2D eigenvalue weighted by Gasteiger charge is 2.41. The first-order valence-corrected chi connectivity index (χ1v) is 5.64. The van der Waals surface area contributed by atoms with Crippen molar-refractivity contribution in [1.82, 2.24) is 0 Å². The van der Waals surface area contributed by atoms with E-state index < -0.39 is 11.6 Å². The fourth-order valence-electron chi connectivity index (χ4n) is 1.87. The number of aliphatic carboxylic acids is 1. The molecule has 0 bridgehead atoms. The lowest BCUT2D eigenvalue weighted by Gasteiger charge is -2.09. The zero-order chi connectivity index (χ0) is 11.6. The van der Waals surface area contributed by atoms with E-state index in [1.807, 2.05) is 24.3 Å². The van der Waals surface area contributed by atoms with Crippen LogP contribution in [0.15, 0.2) is 24.3 Å². The molecule has 1 fully saturated rings. The molecule has 86 valence electrons. The van der Waals surface area contributed by atoms with Crippen LogP contribution >= 0.6 is 0 Å². The Morgan fingerprint density at radius 2 is 2.12 bits per heavy atom. The van der Waals surface area contributed by atoms with Crippen LogP contribution in [-0.2, 0) is 16.8 Å². The van der Waals surface area contributed by atoms with Gasteiger partial charge < -0.3 is 10.2 Å². The van der Waals surface area contributed by atoms with Gasteiger partial charge >= 0.3 is 5.97 Å². The molecule has 0 radical (unpaired) electrons. The highest BCUT2D eigenvalue weighted by atomic mass is 16.4. The second-order valence-corrected chi connectivity index (χ2v) is 4.48. The van der Waals surface area contributed by atoms with Gasteiger partial charge in [0.1, 0.15) is 0 Å². The average molecular weight is 220 g/mol. The van der Waals surface area contributed by atoms with Gasteiger partial charge in [0.15, 0.2) is 0 Å². The number of hydrogen-bond donors (Lipinski definition) is 2. The van der Waals surface area contributed by atoms with Crippen molar-refractivity contribution in [3.05, 3.63) is 35.4 Å². The Balaban J connectivity index is 1.97. The van der Waals surface area contributed by atoms with E-state index in [-0.39, 0.29) is 6.42 Å². The topological polar surface area (TPSA) is 57.5 Å². The van der Waals surface area contributed by atoms with Crippen LogP contribution in [-0.4, -0.2) is 16.2 Å². The summed E-state index contributed by atoms with van der Waals surface area (Å²) in [6.07, 6.45) is 3.29. The molecule has 2 N–H and O–H groups in total. The predicted molar refractivity (Wildman–Crippen MR) is 60.1 cm³/mol. The Hall–Kier alpha value is -1.35. The van der Waals surface area contributed by atoms with Gasteiger partial charge in [-0.25, -0.2) is 0 Å². The number of carboxylic acids is 1. The third-order valence-corrected chi connectivity index (χ3v) is 3.04. The zero-order valence-electron chi connectivity index (χ0n) is 9.15. The first-order valence-electron chi connectivity index (χ1n) is 5.64. The van der Waals surface area contributed by atoms with Crippen LogP contribution < -0.4 is 0 Å². The number of carboxylic acid groups (broad SMARTS) is 1. The molecule has 2 rings (SSSR count). The second-order valence-electron chi connectivity index (χ2n) is 4.48. The van der Waals surface area contributed by atoms with Crippen LogP contribution in [0.2, 0.25) is 0 Å². The number of aliphatic hydroxyl groups is 1. The van der Waals surface area contributed by atoms with Crippen LogP contribution in [0.25, 0.3) is 0 Å². The second kappa shape index (κ2) is 4.26. The van der Waals surface area contributed by atoms with Gasteiger partial charge in [-0.15, -0.1) is 0 Å². The van der Waals surface area contributed by atoms with Crippen LogP contribution in [0.5, 0.6) is 0 Å². The molecule has 0 saturated heterocycles. The maximum absolute atomic E-state index is 10.4. The molecule has 0 unspecified atom stereocenters. The Kier molecular flexibility index (Phi) is 2.97. The van der Waals surface area contributed by atoms with Crippen molar-refractivity contribution in [2.24, 2.45) is 0 Å². The van der Waals surface area contributed by atoms with E-state index in [1.165, 1.54) is 0 Å². The summed E-state index contributed by atoms with van der Waals surface area (Å²) in [5.74, 6) is -0.753. The van der Waals surface area contributed by atoms with E-state index in [1.54, 1.807) is 0 Å². The minimum absolute atomic E-state index is 0.203. The van der Waals surface area contributed by atoms with E-state index in [4.69, 9.17) is 5.11 Å². The van der Waals surface area contributed by atoms with Gasteiger partial charge in [-0.3, -0.25) is 4.79 Å². The Labute approximate surface area is 94.7 Å². The molecule has 1 aliphatic rings. The normalized spacial score (nSPS) is 17.1. The van der Waals surface area contributed by atoms with Gasteiger partial charge in [-0.05, 0) is 36.8 Å². The van der Waals surface area contributed by atoms with Gasteiger partial charge in [0, 0.05) is 6.42 Å². The molecule has 1 aromatic carbocycles. The molecule has 0 spiro atoms. The molecular formula is C13H16O3. The van der Waals surface area contributed by atoms with Crippen molar-refractivity contribution in [3.63, 3.8) is 0 Å². The highest BCUT2D eigenvalue weighted by Crippen LogP contribution is 2.45. The smallest absolute Gasteiger partial charge is 0.303 e. The molecule has 0 aliphatic heterocycles. The lowest BCUT2D eigenvalue weighted by atomic mass is 10.0. The molecule has 0 amide bonds. The Bertz CT molecular complexity index is 394. The molecule has 1 saturated carbocycles. The number of benzene rings is 1. The van der Waals surface area contributed by atoms with Gasteiger partial charge in [0.25, 0.3) is 0 Å². The van der Waals surface area contributed by atoms with Crippen molar-refractivity contribution in [3.8, 4) is 0 Å². The fraction of sp³-hybridized carbons (Fsp3) is 0.462. The van der Waals surface area contributed by atoms with Crippen LogP contribution in [0.4, 0.5) is 0 Å². The fourth-order valence-corrected chi connectivity index (χ4v) is 1.87. The summed E-state index contributed by atoms with van der Waals surface area (Å²) in [5.41, 5.74) is 1.49. The predicted octanol–water partition coefficient (Wildman–Crippen LogP) is 2.08.